The predicted molar refractivity (Wildman–Crippen MR) is 82.5 cm³/mol. The molecule has 0 atom stereocenters. The van der Waals surface area contributed by atoms with Crippen LogP contribution in [0.1, 0.15) is 18.1 Å². The Kier molecular flexibility index (Phi) is 3.67. The van der Waals surface area contributed by atoms with Crippen LogP contribution in [0.4, 0.5) is 8.78 Å². The zero-order chi connectivity index (χ0) is 16.4. The minimum Gasteiger partial charge on any atom is -0.455 e. The van der Waals surface area contributed by atoms with E-state index < -0.39 is 5.92 Å². The molecular weight excluding hydrogens is 298 g/mol. The summed E-state index contributed by atoms with van der Waals surface area (Å²) in [5.74, 6) is -2.08. The highest BCUT2D eigenvalue weighted by atomic mass is 19.3. The van der Waals surface area contributed by atoms with E-state index in [9.17, 15) is 8.78 Å². The van der Waals surface area contributed by atoms with Crippen molar-refractivity contribution in [3.8, 4) is 17.6 Å². The summed E-state index contributed by atoms with van der Waals surface area (Å²) in [5.41, 5.74) is 0.965. The van der Waals surface area contributed by atoms with Crippen molar-refractivity contribution in [2.45, 2.75) is 12.8 Å². The first-order chi connectivity index (χ1) is 11.0. The van der Waals surface area contributed by atoms with Crippen LogP contribution in [-0.2, 0) is 5.92 Å². The average Bonchev–Trinajstić information content (AvgIpc) is 2.54. The molecule has 0 spiro atoms. The number of rotatable bonds is 3. The maximum absolute atomic E-state index is 13.2. The number of hydrogen-bond acceptors (Lipinski definition) is 3. The number of nitriles is 1. The molecule has 5 heteroatoms. The molecule has 1 heterocycles. The molecule has 0 radical (unpaired) electrons. The van der Waals surface area contributed by atoms with E-state index in [0.29, 0.717) is 22.6 Å². The summed E-state index contributed by atoms with van der Waals surface area (Å²) >= 11 is 0. The van der Waals surface area contributed by atoms with Crippen LogP contribution in [0, 0.1) is 11.3 Å². The van der Waals surface area contributed by atoms with Crippen molar-refractivity contribution in [3.05, 3.63) is 65.9 Å². The highest BCUT2D eigenvalue weighted by Gasteiger charge is 2.23. The van der Waals surface area contributed by atoms with Crippen LogP contribution < -0.4 is 4.74 Å². The lowest BCUT2D eigenvalue weighted by atomic mass is 10.1. The molecule has 0 saturated heterocycles. The van der Waals surface area contributed by atoms with E-state index in [1.165, 1.54) is 24.3 Å². The van der Waals surface area contributed by atoms with Crippen LogP contribution in [0.25, 0.3) is 10.9 Å². The average molecular weight is 310 g/mol. The summed E-state index contributed by atoms with van der Waals surface area (Å²) < 4.78 is 32.2. The van der Waals surface area contributed by atoms with Crippen LogP contribution in [-0.4, -0.2) is 4.98 Å². The first kappa shape index (κ1) is 14.9. The van der Waals surface area contributed by atoms with Crippen molar-refractivity contribution in [3.63, 3.8) is 0 Å². The van der Waals surface area contributed by atoms with Gasteiger partial charge in [0.25, 0.3) is 5.92 Å². The Morgan fingerprint density at radius 1 is 1.13 bits per heavy atom. The third-order valence-corrected chi connectivity index (χ3v) is 3.39. The minimum atomic E-state index is -2.90. The molecule has 0 unspecified atom stereocenters. The second-order valence-electron chi connectivity index (χ2n) is 5.18. The molecule has 3 rings (SSSR count). The fourth-order valence-electron chi connectivity index (χ4n) is 2.24. The van der Waals surface area contributed by atoms with Crippen LogP contribution in [0.15, 0.2) is 54.7 Å². The van der Waals surface area contributed by atoms with Gasteiger partial charge in [-0.05, 0) is 36.4 Å². The fourth-order valence-corrected chi connectivity index (χ4v) is 2.24. The lowest BCUT2D eigenvalue weighted by Crippen LogP contribution is -2.06. The van der Waals surface area contributed by atoms with Gasteiger partial charge in [0.1, 0.15) is 11.3 Å². The van der Waals surface area contributed by atoms with Gasteiger partial charge in [0.2, 0.25) is 0 Å². The molecule has 0 aliphatic carbocycles. The normalized spacial score (nSPS) is 11.2. The van der Waals surface area contributed by atoms with E-state index in [1.807, 2.05) is 6.07 Å². The molecule has 23 heavy (non-hydrogen) atoms. The molecule has 0 bridgehead atoms. The number of nitrogens with zero attached hydrogens (tertiary/aromatic N) is 2. The van der Waals surface area contributed by atoms with Crippen LogP contribution in [0.5, 0.6) is 11.5 Å². The van der Waals surface area contributed by atoms with Crippen LogP contribution in [0.3, 0.4) is 0 Å². The van der Waals surface area contributed by atoms with Gasteiger partial charge in [0.15, 0.2) is 5.75 Å². The van der Waals surface area contributed by atoms with Gasteiger partial charge in [0.05, 0.1) is 11.6 Å². The van der Waals surface area contributed by atoms with E-state index >= 15 is 0 Å². The molecule has 3 aromatic rings. The van der Waals surface area contributed by atoms with Gasteiger partial charge in [-0.1, -0.05) is 6.07 Å². The Bertz CT molecular complexity index is 894. The Hall–Kier alpha value is -3.00. The number of fused-ring (bicyclic) bond motifs is 1. The quantitative estimate of drug-likeness (QED) is 0.683. The summed E-state index contributed by atoms with van der Waals surface area (Å²) in [6.45, 7) is 0.844. The summed E-state index contributed by atoms with van der Waals surface area (Å²) in [4.78, 5) is 4.26. The zero-order valence-electron chi connectivity index (χ0n) is 12.3. The molecule has 1 aromatic heterocycles. The second kappa shape index (κ2) is 5.65. The molecule has 2 aromatic carbocycles. The van der Waals surface area contributed by atoms with Gasteiger partial charge >= 0.3 is 0 Å². The molecule has 114 valence electrons. The molecule has 0 N–H and O–H groups in total. The van der Waals surface area contributed by atoms with Crippen molar-refractivity contribution < 1.29 is 13.5 Å². The van der Waals surface area contributed by atoms with Crippen molar-refractivity contribution >= 4 is 10.9 Å². The summed E-state index contributed by atoms with van der Waals surface area (Å²) in [6, 6.07) is 14.5. The Morgan fingerprint density at radius 2 is 1.87 bits per heavy atom. The molecule has 0 aliphatic rings. The molecule has 0 fully saturated rings. The van der Waals surface area contributed by atoms with Gasteiger partial charge < -0.3 is 4.74 Å². The molecule has 0 saturated carbocycles. The number of halogens is 2. The number of benzene rings is 2. The van der Waals surface area contributed by atoms with Crippen molar-refractivity contribution in [1.29, 1.82) is 5.26 Å². The van der Waals surface area contributed by atoms with Crippen LogP contribution >= 0.6 is 0 Å². The molecule has 0 aliphatic heterocycles. The van der Waals surface area contributed by atoms with Gasteiger partial charge in [-0.3, -0.25) is 4.98 Å². The second-order valence-corrected chi connectivity index (χ2v) is 5.18. The number of alkyl halides is 2. The predicted octanol–water partition coefficient (Wildman–Crippen LogP) is 5.01. The number of ether oxygens (including phenoxy) is 1. The standard InChI is InChI=1S/C18H12F2N2O/c1-18(19,20)14-4-6-15(7-5-14)23-16-10-12(11-21)9-13-3-2-8-22-17(13)16/h2-10H,1H3. The van der Waals surface area contributed by atoms with Gasteiger partial charge in [-0.15, -0.1) is 0 Å². The zero-order valence-corrected chi connectivity index (χ0v) is 12.3. The van der Waals surface area contributed by atoms with Crippen molar-refractivity contribution in [2.75, 3.05) is 0 Å². The topological polar surface area (TPSA) is 45.9 Å². The van der Waals surface area contributed by atoms with Gasteiger partial charge in [-0.25, -0.2) is 8.78 Å². The van der Waals surface area contributed by atoms with Crippen molar-refractivity contribution in [1.82, 2.24) is 4.98 Å². The summed E-state index contributed by atoms with van der Waals surface area (Å²) in [5, 5.41) is 9.88. The number of hydrogen-bond donors (Lipinski definition) is 0. The smallest absolute Gasteiger partial charge is 0.270 e. The summed E-state index contributed by atoms with van der Waals surface area (Å²) in [6.07, 6.45) is 1.63. The number of aromatic nitrogens is 1. The first-order valence-corrected chi connectivity index (χ1v) is 6.92. The van der Waals surface area contributed by atoms with E-state index in [-0.39, 0.29) is 5.56 Å². The van der Waals surface area contributed by atoms with Crippen molar-refractivity contribution in [2.24, 2.45) is 0 Å². The Labute approximate surface area is 131 Å². The van der Waals surface area contributed by atoms with Crippen LogP contribution in [0.2, 0.25) is 0 Å². The van der Waals surface area contributed by atoms with E-state index in [4.69, 9.17) is 10.00 Å². The summed E-state index contributed by atoms with van der Waals surface area (Å²) in [7, 11) is 0. The first-order valence-electron chi connectivity index (χ1n) is 6.92. The molecular formula is C18H12F2N2O. The maximum atomic E-state index is 13.2. The maximum Gasteiger partial charge on any atom is 0.270 e. The van der Waals surface area contributed by atoms with E-state index in [2.05, 4.69) is 11.1 Å². The largest absolute Gasteiger partial charge is 0.455 e. The van der Waals surface area contributed by atoms with E-state index in [0.717, 1.165) is 12.3 Å². The molecule has 3 nitrogen and oxygen atoms in total. The van der Waals surface area contributed by atoms with Gasteiger partial charge in [0, 0.05) is 30.1 Å². The SMILES string of the molecule is CC(F)(F)c1ccc(Oc2cc(C#N)cc3cccnc23)cc1. The monoisotopic (exact) mass is 310 g/mol. The highest BCUT2D eigenvalue weighted by molar-refractivity contribution is 5.86. The third-order valence-electron chi connectivity index (χ3n) is 3.39. The fraction of sp³-hybridized carbons (Fsp3) is 0.111. The molecule has 0 amide bonds. The van der Waals surface area contributed by atoms with E-state index in [1.54, 1.807) is 24.4 Å². The third kappa shape index (κ3) is 3.11. The lowest BCUT2D eigenvalue weighted by molar-refractivity contribution is 0.0174. The Balaban J connectivity index is 2.00. The Morgan fingerprint density at radius 3 is 2.52 bits per heavy atom. The minimum absolute atomic E-state index is 0.0846. The van der Waals surface area contributed by atoms with Gasteiger partial charge in [-0.2, -0.15) is 5.26 Å². The lowest BCUT2D eigenvalue weighted by Gasteiger charge is -2.12. The highest BCUT2D eigenvalue weighted by Crippen LogP contribution is 2.32. The number of pyridine rings is 1.